The smallest absolute Gasteiger partial charge is 0.323 e. The molecule has 2 atom stereocenters. The number of nitrogens with zero attached hydrogens (tertiary/aromatic N) is 3. The fourth-order valence-electron chi connectivity index (χ4n) is 3.63. The number of imidazole rings is 1. The Morgan fingerprint density at radius 1 is 1.38 bits per heavy atom. The summed E-state index contributed by atoms with van der Waals surface area (Å²) in [5.74, 6) is 1.29. The van der Waals surface area contributed by atoms with Gasteiger partial charge < -0.3 is 14.4 Å². The first-order valence-corrected chi connectivity index (χ1v) is 9.43. The minimum Gasteiger partial charge on any atom is -0.468 e. The number of esters is 1. The third-order valence-electron chi connectivity index (χ3n) is 5.17. The molecule has 2 heterocycles. The number of benzene rings is 1. The lowest BCUT2D eigenvalue weighted by molar-refractivity contribution is -0.150. The molecule has 0 aliphatic carbocycles. The van der Waals surface area contributed by atoms with Crippen LogP contribution < -0.4 is 0 Å². The normalized spacial score (nSPS) is 21.4. The Bertz CT molecular complexity index is 756. The van der Waals surface area contributed by atoms with Gasteiger partial charge in [0, 0.05) is 13.1 Å². The van der Waals surface area contributed by atoms with Crippen LogP contribution in [0.1, 0.15) is 38.9 Å². The lowest BCUT2D eigenvalue weighted by Gasteiger charge is -2.35. The molecule has 0 spiro atoms. The van der Waals surface area contributed by atoms with Crippen molar-refractivity contribution < 1.29 is 14.6 Å². The Balaban J connectivity index is 1.88. The number of aliphatic hydroxyl groups excluding tert-OH is 1. The topological polar surface area (TPSA) is 67.6 Å². The quantitative estimate of drug-likeness (QED) is 0.803. The van der Waals surface area contributed by atoms with E-state index in [1.54, 1.807) is 0 Å². The number of para-hydroxylation sites is 2. The number of aliphatic hydroxyl groups is 1. The zero-order chi connectivity index (χ0) is 18.7. The highest BCUT2D eigenvalue weighted by Gasteiger charge is 2.34. The van der Waals surface area contributed by atoms with E-state index in [9.17, 15) is 9.90 Å². The van der Waals surface area contributed by atoms with E-state index in [0.717, 1.165) is 29.8 Å². The third-order valence-corrected chi connectivity index (χ3v) is 5.17. The van der Waals surface area contributed by atoms with Crippen molar-refractivity contribution in [3.63, 3.8) is 0 Å². The molecule has 26 heavy (non-hydrogen) atoms. The molecule has 1 aliphatic heterocycles. The molecule has 1 saturated heterocycles. The summed E-state index contributed by atoms with van der Waals surface area (Å²) >= 11 is 0. The molecule has 2 aromatic rings. The average Bonchev–Trinajstić information content (AvgIpc) is 2.97. The number of ether oxygens (including phenoxy) is 1. The van der Waals surface area contributed by atoms with Crippen LogP contribution in [-0.2, 0) is 22.6 Å². The van der Waals surface area contributed by atoms with Crippen LogP contribution >= 0.6 is 0 Å². The van der Waals surface area contributed by atoms with Gasteiger partial charge in [-0.2, -0.15) is 0 Å². The number of fused-ring (bicyclic) bond motifs is 1. The van der Waals surface area contributed by atoms with E-state index in [1.807, 2.05) is 18.2 Å². The first kappa shape index (κ1) is 18.9. The summed E-state index contributed by atoms with van der Waals surface area (Å²) in [6.07, 6.45) is 1.71. The third kappa shape index (κ3) is 4.07. The van der Waals surface area contributed by atoms with E-state index in [4.69, 9.17) is 9.72 Å². The zero-order valence-corrected chi connectivity index (χ0v) is 15.9. The van der Waals surface area contributed by atoms with Crippen LogP contribution in [0.25, 0.3) is 11.0 Å². The van der Waals surface area contributed by atoms with E-state index < -0.39 is 12.1 Å². The number of carbonyl (C=O) groups is 1. The van der Waals surface area contributed by atoms with Gasteiger partial charge >= 0.3 is 5.97 Å². The number of carbonyl (C=O) groups excluding carboxylic acids is 1. The fourth-order valence-corrected chi connectivity index (χ4v) is 3.63. The standard InChI is InChI=1S/C20H29N3O3/c1-14(2)8-11-23-17-7-5-4-6-16(17)21-19(23)13-22-10-9-15(24)12-18(22)20(25)26-3/h4-7,14-15,18,24H,8-13H2,1-3H3/t15-,18+/m1/s1. The van der Waals surface area contributed by atoms with E-state index in [2.05, 4.69) is 29.4 Å². The van der Waals surface area contributed by atoms with Gasteiger partial charge in [-0.25, -0.2) is 4.98 Å². The Morgan fingerprint density at radius 3 is 2.88 bits per heavy atom. The minimum absolute atomic E-state index is 0.284. The second kappa shape index (κ2) is 8.18. The molecule has 0 saturated carbocycles. The zero-order valence-electron chi connectivity index (χ0n) is 15.9. The number of rotatable bonds is 6. The Hall–Kier alpha value is -1.92. The van der Waals surface area contributed by atoms with Crippen molar-refractivity contribution >= 4 is 17.0 Å². The number of piperidine rings is 1. The number of likely N-dealkylation sites (tertiary alicyclic amines) is 1. The summed E-state index contributed by atoms with van der Waals surface area (Å²) in [5.41, 5.74) is 2.12. The highest BCUT2D eigenvalue weighted by Crippen LogP contribution is 2.24. The van der Waals surface area contributed by atoms with Crippen molar-refractivity contribution in [2.45, 2.75) is 58.3 Å². The lowest BCUT2D eigenvalue weighted by atomic mass is 9.99. The number of methoxy groups -OCH3 is 1. The highest BCUT2D eigenvalue weighted by molar-refractivity contribution is 5.76. The molecule has 1 aromatic heterocycles. The molecular weight excluding hydrogens is 330 g/mol. The maximum absolute atomic E-state index is 12.2. The second-order valence-electron chi connectivity index (χ2n) is 7.54. The van der Waals surface area contributed by atoms with Gasteiger partial charge in [-0.1, -0.05) is 26.0 Å². The average molecular weight is 359 g/mol. The monoisotopic (exact) mass is 359 g/mol. The highest BCUT2D eigenvalue weighted by atomic mass is 16.5. The van der Waals surface area contributed by atoms with Gasteiger partial charge in [0.15, 0.2) is 0 Å². The summed E-state index contributed by atoms with van der Waals surface area (Å²) in [5, 5.41) is 9.97. The van der Waals surface area contributed by atoms with Crippen molar-refractivity contribution in [2.75, 3.05) is 13.7 Å². The van der Waals surface area contributed by atoms with E-state index in [-0.39, 0.29) is 5.97 Å². The van der Waals surface area contributed by atoms with Gasteiger partial charge in [0.2, 0.25) is 0 Å². The van der Waals surface area contributed by atoms with Crippen LogP contribution in [0.2, 0.25) is 0 Å². The molecule has 0 bridgehead atoms. The van der Waals surface area contributed by atoms with Crippen LogP contribution in [-0.4, -0.2) is 51.3 Å². The largest absolute Gasteiger partial charge is 0.468 e. The fraction of sp³-hybridized carbons (Fsp3) is 0.600. The van der Waals surface area contributed by atoms with Crippen LogP contribution in [0, 0.1) is 5.92 Å². The molecule has 1 N–H and O–H groups in total. The van der Waals surface area contributed by atoms with Crippen molar-refractivity contribution in [3.8, 4) is 0 Å². The summed E-state index contributed by atoms with van der Waals surface area (Å²) in [6.45, 7) is 6.59. The van der Waals surface area contributed by atoms with Crippen molar-refractivity contribution in [2.24, 2.45) is 5.92 Å². The Kier molecular flexibility index (Phi) is 5.94. The Labute approximate surface area is 154 Å². The molecule has 0 amide bonds. The van der Waals surface area contributed by atoms with Gasteiger partial charge in [-0.05, 0) is 37.3 Å². The predicted octanol–water partition coefficient (Wildman–Crippen LogP) is 2.58. The van der Waals surface area contributed by atoms with E-state index in [1.165, 1.54) is 7.11 Å². The van der Waals surface area contributed by atoms with Crippen LogP contribution in [0.4, 0.5) is 0 Å². The van der Waals surface area contributed by atoms with Gasteiger partial charge in [0.1, 0.15) is 11.9 Å². The molecule has 1 fully saturated rings. The number of hydrogen-bond acceptors (Lipinski definition) is 5. The summed E-state index contributed by atoms with van der Waals surface area (Å²) in [6, 6.07) is 7.75. The summed E-state index contributed by atoms with van der Waals surface area (Å²) in [7, 11) is 1.40. The minimum atomic E-state index is -0.449. The van der Waals surface area contributed by atoms with Gasteiger partial charge in [0.05, 0.1) is 30.8 Å². The van der Waals surface area contributed by atoms with Crippen molar-refractivity contribution in [1.29, 1.82) is 0 Å². The molecule has 0 unspecified atom stereocenters. The number of hydrogen-bond donors (Lipinski definition) is 1. The summed E-state index contributed by atoms with van der Waals surface area (Å²) < 4.78 is 7.23. The number of aryl methyl sites for hydroxylation is 1. The predicted molar refractivity (Wildman–Crippen MR) is 101 cm³/mol. The van der Waals surface area contributed by atoms with Crippen molar-refractivity contribution in [1.82, 2.24) is 14.5 Å². The SMILES string of the molecule is COC(=O)[C@@H]1C[C@H](O)CCN1Cc1nc2ccccc2n1CCC(C)C. The molecule has 0 radical (unpaired) electrons. The lowest BCUT2D eigenvalue weighted by Crippen LogP contribution is -2.48. The first-order valence-electron chi connectivity index (χ1n) is 9.43. The molecule has 6 heteroatoms. The Morgan fingerprint density at radius 2 is 2.15 bits per heavy atom. The van der Waals surface area contributed by atoms with E-state index in [0.29, 0.717) is 31.8 Å². The first-order chi connectivity index (χ1) is 12.5. The van der Waals surface area contributed by atoms with Crippen LogP contribution in [0.15, 0.2) is 24.3 Å². The van der Waals surface area contributed by atoms with Gasteiger partial charge in [0.25, 0.3) is 0 Å². The second-order valence-corrected chi connectivity index (χ2v) is 7.54. The molecule has 3 rings (SSSR count). The molecular formula is C20H29N3O3. The van der Waals surface area contributed by atoms with Gasteiger partial charge in [-0.15, -0.1) is 0 Å². The maximum Gasteiger partial charge on any atom is 0.323 e. The maximum atomic E-state index is 12.2. The van der Waals surface area contributed by atoms with Crippen LogP contribution in [0.5, 0.6) is 0 Å². The molecule has 6 nitrogen and oxygen atoms in total. The molecule has 1 aromatic carbocycles. The van der Waals surface area contributed by atoms with Crippen LogP contribution in [0.3, 0.4) is 0 Å². The molecule has 142 valence electrons. The summed E-state index contributed by atoms with van der Waals surface area (Å²) in [4.78, 5) is 19.1. The van der Waals surface area contributed by atoms with E-state index >= 15 is 0 Å². The number of aromatic nitrogens is 2. The van der Waals surface area contributed by atoms with Crippen molar-refractivity contribution in [3.05, 3.63) is 30.1 Å². The van der Waals surface area contributed by atoms with Gasteiger partial charge in [-0.3, -0.25) is 9.69 Å². The molecule has 1 aliphatic rings.